The number of ether oxygens (including phenoxy) is 1. The highest BCUT2D eigenvalue weighted by Gasteiger charge is 2.34. The molecule has 2 saturated heterocycles. The molecule has 2 unspecified atom stereocenters. The van der Waals surface area contributed by atoms with Gasteiger partial charge in [-0.2, -0.15) is 0 Å². The zero-order chi connectivity index (χ0) is 17.2. The number of benzene rings is 1. The highest BCUT2D eigenvalue weighted by atomic mass is 19.1. The van der Waals surface area contributed by atoms with Crippen LogP contribution in [0.3, 0.4) is 0 Å². The number of β-amino-alcohol motifs (C(OH)–C–C–N with tert-alkyl or cyclic N) is 1. The van der Waals surface area contributed by atoms with E-state index in [4.69, 9.17) is 4.74 Å². The van der Waals surface area contributed by atoms with Crippen LogP contribution in [0.15, 0.2) is 18.2 Å². The smallest absolute Gasteiger partial charge is 0.123 e. The number of nitrogens with zero attached hydrogens (tertiary/aromatic N) is 1. The molecule has 0 saturated carbocycles. The van der Waals surface area contributed by atoms with Gasteiger partial charge in [-0.1, -0.05) is 6.07 Å². The molecule has 2 heterocycles. The molecule has 2 atom stereocenters. The molecule has 1 aromatic rings. The fraction of sp³-hybridized carbons (Fsp3) is 0.684. The lowest BCUT2D eigenvalue weighted by molar-refractivity contribution is -0.0897. The average molecular weight is 337 g/mol. The molecule has 0 amide bonds. The van der Waals surface area contributed by atoms with Crippen molar-refractivity contribution in [2.45, 2.75) is 56.8 Å². The molecule has 4 nitrogen and oxygen atoms in total. The molecule has 0 spiro atoms. The molecule has 3 rings (SSSR count). The molecule has 5 heteroatoms. The van der Waals surface area contributed by atoms with Crippen LogP contribution < -0.4 is 0 Å². The molecular weight excluding hydrogens is 309 g/mol. The molecule has 0 aromatic heterocycles. The normalized spacial score (nSPS) is 25.8. The molecular formula is C19H28FNO3. The number of aliphatic hydroxyl groups excluding tert-OH is 1. The van der Waals surface area contributed by atoms with E-state index in [-0.39, 0.29) is 11.9 Å². The summed E-state index contributed by atoms with van der Waals surface area (Å²) in [5, 5.41) is 21.1. The van der Waals surface area contributed by atoms with Gasteiger partial charge < -0.3 is 14.9 Å². The molecule has 2 fully saturated rings. The van der Waals surface area contributed by atoms with Crippen LogP contribution in [0.2, 0.25) is 0 Å². The lowest BCUT2D eigenvalue weighted by atomic mass is 9.88. The molecule has 1 aromatic carbocycles. The molecule has 134 valence electrons. The lowest BCUT2D eigenvalue weighted by Crippen LogP contribution is -2.42. The Morgan fingerprint density at radius 2 is 2.12 bits per heavy atom. The first kappa shape index (κ1) is 17.8. The van der Waals surface area contributed by atoms with E-state index in [2.05, 4.69) is 4.90 Å². The molecule has 24 heavy (non-hydrogen) atoms. The Morgan fingerprint density at radius 3 is 2.83 bits per heavy atom. The Morgan fingerprint density at radius 1 is 1.38 bits per heavy atom. The third kappa shape index (κ3) is 4.14. The topological polar surface area (TPSA) is 52.9 Å². The van der Waals surface area contributed by atoms with Crippen molar-refractivity contribution in [2.24, 2.45) is 0 Å². The largest absolute Gasteiger partial charge is 0.392 e. The van der Waals surface area contributed by atoms with Crippen molar-refractivity contribution in [1.29, 1.82) is 0 Å². The SMILES string of the molecule is Cc1cc(F)ccc1C1CCCN1CC(O)CC1(O)CCOCC1. The third-order valence-electron chi connectivity index (χ3n) is 5.44. The molecule has 2 aliphatic rings. The molecule has 0 aliphatic carbocycles. The molecule has 2 N–H and O–H groups in total. The van der Waals surface area contributed by atoms with E-state index in [1.54, 1.807) is 6.07 Å². The van der Waals surface area contributed by atoms with E-state index in [0.29, 0.717) is 39.0 Å². The summed E-state index contributed by atoms with van der Waals surface area (Å²) in [6.45, 7) is 4.54. The summed E-state index contributed by atoms with van der Waals surface area (Å²) in [5.74, 6) is -0.206. The van der Waals surface area contributed by atoms with E-state index in [0.717, 1.165) is 30.5 Å². The van der Waals surface area contributed by atoms with E-state index >= 15 is 0 Å². The Bertz CT molecular complexity index is 560. The molecule has 0 radical (unpaired) electrons. The Hall–Kier alpha value is -1.01. The van der Waals surface area contributed by atoms with Crippen LogP contribution in [-0.4, -0.2) is 53.1 Å². The number of hydrogen-bond donors (Lipinski definition) is 2. The maximum absolute atomic E-state index is 13.4. The van der Waals surface area contributed by atoms with Crippen molar-refractivity contribution in [3.8, 4) is 0 Å². The van der Waals surface area contributed by atoms with Gasteiger partial charge >= 0.3 is 0 Å². The van der Waals surface area contributed by atoms with Gasteiger partial charge in [0.2, 0.25) is 0 Å². The fourth-order valence-electron chi connectivity index (χ4n) is 4.14. The van der Waals surface area contributed by atoms with Crippen LogP contribution in [0, 0.1) is 12.7 Å². The minimum absolute atomic E-state index is 0.206. The van der Waals surface area contributed by atoms with Crippen molar-refractivity contribution in [2.75, 3.05) is 26.3 Å². The predicted octanol–water partition coefficient (Wildman–Crippen LogP) is 2.56. The van der Waals surface area contributed by atoms with Gasteiger partial charge in [0.05, 0.1) is 11.7 Å². The van der Waals surface area contributed by atoms with Crippen molar-refractivity contribution < 1.29 is 19.3 Å². The van der Waals surface area contributed by atoms with Crippen molar-refractivity contribution >= 4 is 0 Å². The van der Waals surface area contributed by atoms with Crippen LogP contribution >= 0.6 is 0 Å². The van der Waals surface area contributed by atoms with Gasteiger partial charge in [0.1, 0.15) is 5.82 Å². The van der Waals surface area contributed by atoms with E-state index in [1.165, 1.54) is 6.07 Å². The van der Waals surface area contributed by atoms with Gasteiger partial charge in [-0.3, -0.25) is 4.90 Å². The monoisotopic (exact) mass is 337 g/mol. The second-order valence-corrected chi connectivity index (χ2v) is 7.35. The number of aryl methyl sites for hydroxylation is 1. The van der Waals surface area contributed by atoms with Gasteiger partial charge in [-0.05, 0) is 62.4 Å². The van der Waals surface area contributed by atoms with E-state index < -0.39 is 11.7 Å². The second-order valence-electron chi connectivity index (χ2n) is 7.35. The minimum atomic E-state index is -0.807. The summed E-state index contributed by atoms with van der Waals surface area (Å²) in [6, 6.07) is 5.18. The maximum Gasteiger partial charge on any atom is 0.123 e. The number of halogens is 1. The summed E-state index contributed by atoms with van der Waals surface area (Å²) in [6.07, 6.45) is 3.11. The van der Waals surface area contributed by atoms with E-state index in [9.17, 15) is 14.6 Å². The van der Waals surface area contributed by atoms with Crippen LogP contribution in [0.25, 0.3) is 0 Å². The maximum atomic E-state index is 13.4. The van der Waals surface area contributed by atoms with Crippen LogP contribution in [-0.2, 0) is 4.74 Å². The standard InChI is InChI=1S/C19H28FNO3/c1-14-11-15(20)4-5-17(14)18-3-2-8-21(18)13-16(22)12-19(23)6-9-24-10-7-19/h4-5,11,16,18,22-23H,2-3,6-10,12-13H2,1H3. The average Bonchev–Trinajstić information content (AvgIpc) is 2.95. The summed E-state index contributed by atoms with van der Waals surface area (Å²) < 4.78 is 18.6. The quantitative estimate of drug-likeness (QED) is 0.867. The first-order valence-electron chi connectivity index (χ1n) is 8.95. The summed E-state index contributed by atoms with van der Waals surface area (Å²) >= 11 is 0. The van der Waals surface area contributed by atoms with Gasteiger partial charge in [0, 0.05) is 32.2 Å². The molecule has 2 aliphatic heterocycles. The zero-order valence-corrected chi connectivity index (χ0v) is 14.4. The van der Waals surface area contributed by atoms with Gasteiger partial charge in [0.15, 0.2) is 0 Å². The van der Waals surface area contributed by atoms with Crippen molar-refractivity contribution in [3.05, 3.63) is 35.1 Å². The van der Waals surface area contributed by atoms with Crippen LogP contribution in [0.5, 0.6) is 0 Å². The van der Waals surface area contributed by atoms with Gasteiger partial charge in [-0.25, -0.2) is 4.39 Å². The van der Waals surface area contributed by atoms with Crippen LogP contribution in [0.4, 0.5) is 4.39 Å². The van der Waals surface area contributed by atoms with Crippen molar-refractivity contribution in [3.63, 3.8) is 0 Å². The Labute approximate surface area is 143 Å². The van der Waals surface area contributed by atoms with Gasteiger partial charge in [0.25, 0.3) is 0 Å². The lowest BCUT2D eigenvalue weighted by Gasteiger charge is -2.35. The number of rotatable bonds is 5. The first-order chi connectivity index (χ1) is 11.5. The summed E-state index contributed by atoms with van der Waals surface area (Å²) in [4.78, 5) is 2.27. The van der Waals surface area contributed by atoms with Crippen LogP contribution in [0.1, 0.15) is 49.3 Å². The predicted molar refractivity (Wildman–Crippen MR) is 90.3 cm³/mol. The first-order valence-corrected chi connectivity index (χ1v) is 8.95. The van der Waals surface area contributed by atoms with E-state index in [1.807, 2.05) is 13.0 Å². The van der Waals surface area contributed by atoms with Gasteiger partial charge in [-0.15, -0.1) is 0 Å². The Kier molecular flexibility index (Phi) is 5.55. The number of likely N-dealkylation sites (tertiary alicyclic amines) is 1. The zero-order valence-electron chi connectivity index (χ0n) is 14.4. The van der Waals surface area contributed by atoms with Crippen molar-refractivity contribution in [1.82, 2.24) is 4.90 Å². The third-order valence-corrected chi connectivity index (χ3v) is 5.44. The fourth-order valence-corrected chi connectivity index (χ4v) is 4.14. The summed E-state index contributed by atoms with van der Waals surface area (Å²) in [7, 11) is 0. The summed E-state index contributed by atoms with van der Waals surface area (Å²) in [5.41, 5.74) is 1.30. The number of hydrogen-bond acceptors (Lipinski definition) is 4. The Balaban J connectivity index is 1.63. The molecule has 0 bridgehead atoms. The second kappa shape index (κ2) is 7.48. The highest BCUT2D eigenvalue weighted by Crippen LogP contribution is 2.35. The minimum Gasteiger partial charge on any atom is -0.392 e. The highest BCUT2D eigenvalue weighted by molar-refractivity contribution is 5.30. The number of aliphatic hydroxyl groups is 2.